The smallest absolute Gasteiger partial charge is 0.0312 e. The quantitative estimate of drug-likeness (QED) is 0.760. The molecule has 0 aromatic carbocycles. The maximum atomic E-state index is 4.14. The standard InChI is InChI=1S/C12H18N2.C2H6/c1-11-4-7-14(8-5-11)10-12-3-2-6-13-9-12;1-2/h2-3,6,9,11H,4-5,7-8,10H2,1H3;1-2H3. The van der Waals surface area contributed by atoms with E-state index < -0.39 is 0 Å². The van der Waals surface area contributed by atoms with Gasteiger partial charge < -0.3 is 0 Å². The molecule has 1 saturated heterocycles. The fraction of sp³-hybridized carbons (Fsp3) is 0.643. The fourth-order valence-electron chi connectivity index (χ4n) is 1.97. The van der Waals surface area contributed by atoms with Crippen molar-refractivity contribution in [3.63, 3.8) is 0 Å². The predicted molar refractivity (Wildman–Crippen MR) is 69.3 cm³/mol. The molecule has 0 atom stereocenters. The lowest BCUT2D eigenvalue weighted by atomic mass is 9.99. The fourth-order valence-corrected chi connectivity index (χ4v) is 1.97. The molecule has 0 aliphatic carbocycles. The Bertz CT molecular complexity index is 263. The number of hydrogen-bond acceptors (Lipinski definition) is 2. The van der Waals surface area contributed by atoms with Crippen LogP contribution in [0.25, 0.3) is 0 Å². The minimum absolute atomic E-state index is 0.917. The molecule has 1 aromatic rings. The van der Waals surface area contributed by atoms with Gasteiger partial charge in [-0.1, -0.05) is 26.8 Å². The zero-order valence-corrected chi connectivity index (χ0v) is 10.8. The zero-order chi connectivity index (χ0) is 11.8. The molecule has 0 bridgehead atoms. The summed E-state index contributed by atoms with van der Waals surface area (Å²) in [6.45, 7) is 9.91. The number of likely N-dealkylation sites (tertiary alicyclic amines) is 1. The maximum absolute atomic E-state index is 4.14. The first-order valence-corrected chi connectivity index (χ1v) is 6.46. The summed E-state index contributed by atoms with van der Waals surface area (Å²) in [6, 6.07) is 4.17. The van der Waals surface area contributed by atoms with Crippen LogP contribution >= 0.6 is 0 Å². The monoisotopic (exact) mass is 220 g/mol. The summed E-state index contributed by atoms with van der Waals surface area (Å²) in [4.78, 5) is 6.66. The second-order valence-corrected chi connectivity index (χ2v) is 4.32. The predicted octanol–water partition coefficient (Wildman–Crippen LogP) is 3.34. The Labute approximate surface area is 99.7 Å². The van der Waals surface area contributed by atoms with Gasteiger partial charge in [-0.05, 0) is 43.5 Å². The second-order valence-electron chi connectivity index (χ2n) is 4.32. The number of nitrogens with zero attached hydrogens (tertiary/aromatic N) is 2. The highest BCUT2D eigenvalue weighted by molar-refractivity contribution is 5.08. The third-order valence-electron chi connectivity index (χ3n) is 3.01. The molecular formula is C14H24N2. The van der Waals surface area contributed by atoms with E-state index in [2.05, 4.69) is 22.9 Å². The van der Waals surface area contributed by atoms with Gasteiger partial charge in [-0.15, -0.1) is 0 Å². The van der Waals surface area contributed by atoms with Crippen molar-refractivity contribution in [3.05, 3.63) is 30.1 Å². The van der Waals surface area contributed by atoms with E-state index in [1.807, 2.05) is 32.3 Å². The molecule has 0 spiro atoms. The SMILES string of the molecule is CC.CC1CCN(Cc2cccnc2)CC1. The first-order valence-electron chi connectivity index (χ1n) is 6.46. The Morgan fingerprint density at radius 2 is 2.00 bits per heavy atom. The Kier molecular flexibility index (Phi) is 6.09. The van der Waals surface area contributed by atoms with Gasteiger partial charge in [-0.3, -0.25) is 9.88 Å². The summed E-state index contributed by atoms with van der Waals surface area (Å²) in [5.74, 6) is 0.917. The molecule has 2 rings (SSSR count). The average Bonchev–Trinajstić information content (AvgIpc) is 2.36. The highest BCUT2D eigenvalue weighted by atomic mass is 15.1. The molecule has 1 aliphatic rings. The Morgan fingerprint density at radius 3 is 2.56 bits per heavy atom. The van der Waals surface area contributed by atoms with E-state index in [-0.39, 0.29) is 0 Å². The van der Waals surface area contributed by atoms with Crippen LogP contribution in [0, 0.1) is 5.92 Å². The summed E-state index contributed by atoms with van der Waals surface area (Å²) in [6.07, 6.45) is 6.50. The minimum Gasteiger partial charge on any atom is -0.299 e. The molecule has 90 valence electrons. The van der Waals surface area contributed by atoms with Crippen LogP contribution in [0.3, 0.4) is 0 Å². The number of aromatic nitrogens is 1. The molecule has 1 aromatic heterocycles. The molecule has 1 aliphatic heterocycles. The summed E-state index contributed by atoms with van der Waals surface area (Å²) in [5.41, 5.74) is 1.34. The molecular weight excluding hydrogens is 196 g/mol. The molecule has 0 saturated carbocycles. The first-order chi connectivity index (χ1) is 7.84. The van der Waals surface area contributed by atoms with Gasteiger partial charge in [0, 0.05) is 18.9 Å². The summed E-state index contributed by atoms with van der Waals surface area (Å²) in [5, 5.41) is 0. The lowest BCUT2D eigenvalue weighted by Gasteiger charge is -2.29. The van der Waals surface area contributed by atoms with Crippen molar-refractivity contribution in [3.8, 4) is 0 Å². The number of piperidine rings is 1. The van der Waals surface area contributed by atoms with Gasteiger partial charge in [-0.25, -0.2) is 0 Å². The molecule has 1 fully saturated rings. The van der Waals surface area contributed by atoms with Crippen LogP contribution in [0.1, 0.15) is 39.2 Å². The van der Waals surface area contributed by atoms with Crippen molar-refractivity contribution in [1.82, 2.24) is 9.88 Å². The first kappa shape index (κ1) is 13.2. The lowest BCUT2D eigenvalue weighted by Crippen LogP contribution is -2.32. The van der Waals surface area contributed by atoms with E-state index in [4.69, 9.17) is 0 Å². The van der Waals surface area contributed by atoms with Crippen molar-refractivity contribution in [2.75, 3.05) is 13.1 Å². The summed E-state index contributed by atoms with van der Waals surface area (Å²) in [7, 11) is 0. The molecule has 16 heavy (non-hydrogen) atoms. The van der Waals surface area contributed by atoms with Gasteiger partial charge in [0.2, 0.25) is 0 Å². The maximum Gasteiger partial charge on any atom is 0.0312 e. The molecule has 2 nitrogen and oxygen atoms in total. The van der Waals surface area contributed by atoms with Crippen LogP contribution in [0.4, 0.5) is 0 Å². The lowest BCUT2D eigenvalue weighted by molar-refractivity contribution is 0.185. The second kappa shape index (κ2) is 7.39. The van der Waals surface area contributed by atoms with E-state index >= 15 is 0 Å². The topological polar surface area (TPSA) is 16.1 Å². The highest BCUT2D eigenvalue weighted by Gasteiger charge is 2.15. The van der Waals surface area contributed by atoms with E-state index in [1.54, 1.807) is 0 Å². The van der Waals surface area contributed by atoms with E-state index in [9.17, 15) is 0 Å². The van der Waals surface area contributed by atoms with Gasteiger partial charge in [0.1, 0.15) is 0 Å². The minimum atomic E-state index is 0.917. The summed E-state index contributed by atoms with van der Waals surface area (Å²) < 4.78 is 0. The van der Waals surface area contributed by atoms with Gasteiger partial charge >= 0.3 is 0 Å². The Balaban J connectivity index is 0.000000606. The van der Waals surface area contributed by atoms with E-state index in [0.717, 1.165) is 12.5 Å². The molecule has 0 unspecified atom stereocenters. The van der Waals surface area contributed by atoms with E-state index in [1.165, 1.54) is 31.5 Å². The van der Waals surface area contributed by atoms with Gasteiger partial charge in [-0.2, -0.15) is 0 Å². The van der Waals surface area contributed by atoms with Crippen LogP contribution < -0.4 is 0 Å². The van der Waals surface area contributed by atoms with Crippen LogP contribution in [0.5, 0.6) is 0 Å². The van der Waals surface area contributed by atoms with Gasteiger partial charge in [0.25, 0.3) is 0 Å². The average molecular weight is 220 g/mol. The molecule has 2 heteroatoms. The normalized spacial score (nSPS) is 17.7. The largest absolute Gasteiger partial charge is 0.299 e. The van der Waals surface area contributed by atoms with Crippen molar-refractivity contribution >= 4 is 0 Å². The van der Waals surface area contributed by atoms with Gasteiger partial charge in [0.05, 0.1) is 0 Å². The van der Waals surface area contributed by atoms with Crippen molar-refractivity contribution in [1.29, 1.82) is 0 Å². The van der Waals surface area contributed by atoms with Crippen molar-refractivity contribution in [2.24, 2.45) is 5.92 Å². The third kappa shape index (κ3) is 4.31. The molecule has 0 N–H and O–H groups in total. The van der Waals surface area contributed by atoms with Crippen LogP contribution in [0.2, 0.25) is 0 Å². The molecule has 0 amide bonds. The van der Waals surface area contributed by atoms with Crippen LogP contribution in [-0.2, 0) is 6.54 Å². The van der Waals surface area contributed by atoms with Crippen LogP contribution in [-0.4, -0.2) is 23.0 Å². The number of rotatable bonds is 2. The zero-order valence-electron chi connectivity index (χ0n) is 10.8. The number of hydrogen-bond donors (Lipinski definition) is 0. The highest BCUT2D eigenvalue weighted by Crippen LogP contribution is 2.17. The van der Waals surface area contributed by atoms with Crippen molar-refractivity contribution in [2.45, 2.75) is 40.2 Å². The molecule has 0 radical (unpaired) electrons. The van der Waals surface area contributed by atoms with Crippen LogP contribution in [0.15, 0.2) is 24.5 Å². The van der Waals surface area contributed by atoms with E-state index in [0.29, 0.717) is 0 Å². The Hall–Kier alpha value is -0.890. The third-order valence-corrected chi connectivity index (χ3v) is 3.01. The van der Waals surface area contributed by atoms with Crippen molar-refractivity contribution < 1.29 is 0 Å². The number of pyridine rings is 1. The molecule has 2 heterocycles. The Morgan fingerprint density at radius 1 is 1.31 bits per heavy atom. The summed E-state index contributed by atoms with van der Waals surface area (Å²) >= 11 is 0. The van der Waals surface area contributed by atoms with Gasteiger partial charge in [0.15, 0.2) is 0 Å².